The third kappa shape index (κ3) is 6.20. The largest absolute Gasteiger partial charge is 0.441 e. The summed E-state index contributed by atoms with van der Waals surface area (Å²) in [6.45, 7) is 0. The first-order valence-corrected chi connectivity index (χ1v) is 22.0. The fourth-order valence-corrected chi connectivity index (χ4v) is 9.68. The van der Waals surface area contributed by atoms with Gasteiger partial charge < -0.3 is 8.98 Å². The Hall–Kier alpha value is -8.68. The number of aryl methyl sites for hydroxylation is 1. The van der Waals surface area contributed by atoms with E-state index in [0.29, 0.717) is 29.9 Å². The zero-order valence-corrected chi connectivity index (χ0v) is 35.1. The van der Waals surface area contributed by atoms with Crippen LogP contribution in [0.3, 0.4) is 0 Å². The Labute approximate surface area is 374 Å². The number of allylic oxidation sites excluding steroid dienone is 1. The molecule has 0 spiro atoms. The number of hydrogen-bond donors (Lipinski definition) is 0. The molecule has 13 rings (SSSR count). The molecule has 0 radical (unpaired) electrons. The Bertz CT molecular complexity index is 3700. The van der Waals surface area contributed by atoms with Crippen LogP contribution in [0.1, 0.15) is 17.9 Å². The van der Waals surface area contributed by atoms with Crippen molar-refractivity contribution in [3.63, 3.8) is 0 Å². The van der Waals surface area contributed by atoms with Gasteiger partial charge in [-0.25, -0.2) is 9.97 Å². The van der Waals surface area contributed by atoms with Crippen LogP contribution in [0.5, 0.6) is 0 Å². The zero-order chi connectivity index (χ0) is 42.8. The fourth-order valence-electron chi connectivity index (χ4n) is 9.68. The summed E-state index contributed by atoms with van der Waals surface area (Å²) < 4.78 is 11.4. The Morgan fingerprint density at radius 1 is 0.369 bits per heavy atom. The molecule has 4 heterocycles. The van der Waals surface area contributed by atoms with Crippen LogP contribution in [-0.4, -0.2) is 29.1 Å². The molecule has 306 valence electrons. The van der Waals surface area contributed by atoms with Crippen LogP contribution >= 0.6 is 0 Å². The fraction of sp³-hybridized carbons (Fsp3) is 0.0345. The van der Waals surface area contributed by atoms with E-state index in [0.717, 1.165) is 101 Å². The van der Waals surface area contributed by atoms with Crippen molar-refractivity contribution in [1.29, 1.82) is 0 Å². The van der Waals surface area contributed by atoms with Crippen LogP contribution in [0.2, 0.25) is 0 Å². The van der Waals surface area contributed by atoms with Gasteiger partial charge in [0.05, 0.1) is 22.1 Å². The van der Waals surface area contributed by atoms with Crippen molar-refractivity contribution in [2.45, 2.75) is 12.8 Å². The maximum absolute atomic E-state index is 6.71. The quantitative estimate of drug-likeness (QED) is 0.160. The summed E-state index contributed by atoms with van der Waals surface area (Å²) in [5.41, 5.74) is 13.6. The molecule has 1 aliphatic carbocycles. The lowest BCUT2D eigenvalue weighted by atomic mass is 9.96. The highest BCUT2D eigenvalue weighted by Crippen LogP contribution is 2.44. The van der Waals surface area contributed by atoms with Gasteiger partial charge in [0.1, 0.15) is 11.5 Å². The van der Waals surface area contributed by atoms with E-state index >= 15 is 0 Å². The normalized spacial score (nSPS) is 12.6. The lowest BCUT2D eigenvalue weighted by molar-refractivity contribution is 0.516. The number of hydrogen-bond acceptors (Lipinski definition) is 5. The minimum Gasteiger partial charge on any atom is -0.441 e. The maximum Gasteiger partial charge on any atom is 0.238 e. The van der Waals surface area contributed by atoms with Crippen molar-refractivity contribution >= 4 is 55.4 Å². The highest BCUT2D eigenvalue weighted by atomic mass is 16.4. The van der Waals surface area contributed by atoms with Crippen molar-refractivity contribution in [3.8, 4) is 62.4 Å². The molecule has 12 aromatic rings. The average Bonchev–Trinajstić information content (AvgIpc) is 4.07. The standard InChI is InChI=1S/C58H38N6O/c1-5-17-37(18-6-1)41-33-42(38-19-7-2-8-20-38)35-43(34-41)57-59-49-36-44(29-32-52(49)65-57)63-50-27-15-13-25-45(50)47-30-31-48-46-26-14-16-28-51(46)64(54(48)53(47)63)58-61-55(39-21-9-3-10-22-39)60-56(62-58)40-23-11-4-12-24-40/h1-28,30-31,33-36H,29,32H2. The minimum absolute atomic E-state index is 0.557. The van der Waals surface area contributed by atoms with E-state index in [1.807, 2.05) is 36.4 Å². The van der Waals surface area contributed by atoms with Crippen LogP contribution in [-0.2, 0) is 6.42 Å². The molecule has 1 aliphatic rings. The second-order valence-electron chi connectivity index (χ2n) is 16.6. The van der Waals surface area contributed by atoms with Gasteiger partial charge in [-0.2, -0.15) is 9.97 Å². The number of oxazole rings is 1. The first-order valence-electron chi connectivity index (χ1n) is 22.0. The molecular weight excluding hydrogens is 797 g/mol. The second-order valence-corrected chi connectivity index (χ2v) is 16.6. The molecule has 7 nitrogen and oxygen atoms in total. The van der Waals surface area contributed by atoms with Crippen molar-refractivity contribution in [2.75, 3.05) is 0 Å². The summed E-state index contributed by atoms with van der Waals surface area (Å²) >= 11 is 0. The highest BCUT2D eigenvalue weighted by molar-refractivity contribution is 6.24. The molecule has 0 atom stereocenters. The van der Waals surface area contributed by atoms with Crippen LogP contribution in [0.25, 0.3) is 118 Å². The summed E-state index contributed by atoms with van der Waals surface area (Å²) in [6, 6.07) is 69.8. The summed E-state index contributed by atoms with van der Waals surface area (Å²) in [7, 11) is 0. The third-order valence-corrected chi connectivity index (χ3v) is 12.7. The monoisotopic (exact) mass is 834 g/mol. The number of para-hydroxylation sites is 2. The van der Waals surface area contributed by atoms with E-state index in [2.05, 4.69) is 179 Å². The molecule has 8 aromatic carbocycles. The number of rotatable bonds is 7. The predicted molar refractivity (Wildman–Crippen MR) is 263 cm³/mol. The molecule has 0 N–H and O–H groups in total. The van der Waals surface area contributed by atoms with Gasteiger partial charge in [-0.1, -0.05) is 170 Å². The Balaban J connectivity index is 1.04. The molecule has 4 aromatic heterocycles. The summed E-state index contributed by atoms with van der Waals surface area (Å²) in [5.74, 6) is 3.29. The van der Waals surface area contributed by atoms with E-state index in [4.69, 9.17) is 24.4 Å². The lowest BCUT2D eigenvalue weighted by Crippen LogP contribution is -2.08. The Morgan fingerprint density at radius 3 is 1.38 bits per heavy atom. The zero-order valence-electron chi connectivity index (χ0n) is 35.1. The average molecular weight is 835 g/mol. The number of fused-ring (bicyclic) bond motifs is 8. The van der Waals surface area contributed by atoms with E-state index < -0.39 is 0 Å². The van der Waals surface area contributed by atoms with Gasteiger partial charge in [0.2, 0.25) is 11.8 Å². The first-order chi connectivity index (χ1) is 32.2. The molecular formula is C58H38N6O. The maximum atomic E-state index is 6.71. The van der Waals surface area contributed by atoms with Crippen molar-refractivity contribution < 1.29 is 4.42 Å². The number of aromatic nitrogens is 6. The van der Waals surface area contributed by atoms with E-state index in [1.54, 1.807) is 0 Å². The van der Waals surface area contributed by atoms with Gasteiger partial charge in [-0.05, 0) is 65.1 Å². The molecule has 0 amide bonds. The summed E-state index contributed by atoms with van der Waals surface area (Å²) in [4.78, 5) is 20.9. The molecule has 7 heteroatoms. The highest BCUT2D eigenvalue weighted by Gasteiger charge is 2.27. The summed E-state index contributed by atoms with van der Waals surface area (Å²) in [5, 5.41) is 4.56. The lowest BCUT2D eigenvalue weighted by Gasteiger charge is -2.17. The van der Waals surface area contributed by atoms with Gasteiger partial charge >= 0.3 is 0 Å². The van der Waals surface area contributed by atoms with Crippen LogP contribution < -0.4 is 0 Å². The van der Waals surface area contributed by atoms with Gasteiger partial charge in [0.15, 0.2) is 11.6 Å². The number of benzene rings is 8. The van der Waals surface area contributed by atoms with Crippen molar-refractivity contribution in [2.24, 2.45) is 0 Å². The Morgan fingerprint density at radius 2 is 0.831 bits per heavy atom. The van der Waals surface area contributed by atoms with Crippen LogP contribution in [0, 0.1) is 0 Å². The molecule has 0 saturated heterocycles. The summed E-state index contributed by atoms with van der Waals surface area (Å²) in [6.07, 6.45) is 3.69. The van der Waals surface area contributed by atoms with Crippen molar-refractivity contribution in [3.05, 3.63) is 212 Å². The van der Waals surface area contributed by atoms with Gasteiger partial charge in [-0.3, -0.25) is 4.57 Å². The molecule has 65 heavy (non-hydrogen) atoms. The first kappa shape index (κ1) is 36.9. The smallest absolute Gasteiger partial charge is 0.238 e. The molecule has 0 aliphatic heterocycles. The Kier molecular flexibility index (Phi) is 8.52. The molecule has 0 unspecified atom stereocenters. The second kappa shape index (κ2) is 15.0. The molecule has 0 fully saturated rings. The molecule has 0 saturated carbocycles. The SMILES string of the molecule is C1=C(n2c3ccccc3c3ccc4c5ccccc5n(-c5nc(-c6ccccc6)nc(-c6ccccc6)n5)c4c32)CCc2oc(-c3cc(-c4ccccc4)cc(-c4ccccc4)c3)nc21. The van der Waals surface area contributed by atoms with E-state index in [1.165, 1.54) is 5.39 Å². The van der Waals surface area contributed by atoms with Crippen LogP contribution in [0.15, 0.2) is 205 Å². The van der Waals surface area contributed by atoms with Gasteiger partial charge in [-0.15, -0.1) is 0 Å². The van der Waals surface area contributed by atoms with Gasteiger partial charge in [0.25, 0.3) is 0 Å². The van der Waals surface area contributed by atoms with E-state index in [-0.39, 0.29) is 0 Å². The molecule has 0 bridgehead atoms. The third-order valence-electron chi connectivity index (χ3n) is 12.7. The van der Waals surface area contributed by atoms with E-state index in [9.17, 15) is 0 Å². The predicted octanol–water partition coefficient (Wildman–Crippen LogP) is 14.3. The number of nitrogens with zero attached hydrogens (tertiary/aromatic N) is 6. The van der Waals surface area contributed by atoms with Crippen molar-refractivity contribution in [1.82, 2.24) is 29.1 Å². The van der Waals surface area contributed by atoms with Gasteiger partial charge in [0, 0.05) is 50.4 Å². The van der Waals surface area contributed by atoms with Crippen LogP contribution in [0.4, 0.5) is 0 Å². The minimum atomic E-state index is 0.557. The topological polar surface area (TPSA) is 74.6 Å².